The molecular formula is C17H28NO4-. The van der Waals surface area contributed by atoms with Crippen LogP contribution in [0.4, 0.5) is 0 Å². The number of benzene rings is 1. The number of hydrogen-bond acceptors (Lipinski definition) is 5. The lowest BCUT2D eigenvalue weighted by atomic mass is 10.1. The first-order valence-corrected chi connectivity index (χ1v) is 7.82. The van der Waals surface area contributed by atoms with E-state index in [0.717, 1.165) is 24.8 Å². The normalized spacial score (nSPS) is 11.4. The molecule has 3 N–H and O–H groups in total. The second kappa shape index (κ2) is 13.1. The summed E-state index contributed by atoms with van der Waals surface area (Å²) < 4.78 is 0. The third-order valence-electron chi connectivity index (χ3n) is 3.16. The molecule has 0 aliphatic heterocycles. The molecule has 0 aliphatic rings. The Kier molecular flexibility index (Phi) is 12.2. The van der Waals surface area contributed by atoms with Gasteiger partial charge in [-0.3, -0.25) is 0 Å². The van der Waals surface area contributed by atoms with Crippen LogP contribution in [0.25, 0.3) is 0 Å². The smallest absolute Gasteiger partial charge is 0.115 e. The molecule has 0 amide bonds. The number of unbranched alkanes of at least 4 members (excludes halogenated alkanes) is 4. The number of carbonyl (C=O) groups is 1. The molecule has 0 aliphatic carbocycles. The molecule has 1 atom stereocenters. The molecule has 1 rings (SSSR count). The summed E-state index contributed by atoms with van der Waals surface area (Å²) in [5, 5.41) is 31.2. The van der Waals surface area contributed by atoms with E-state index in [2.05, 4.69) is 12.2 Å². The molecule has 0 fully saturated rings. The lowest BCUT2D eigenvalue weighted by Gasteiger charge is -2.09. The highest BCUT2D eigenvalue weighted by atomic mass is 16.4. The van der Waals surface area contributed by atoms with Gasteiger partial charge >= 0.3 is 0 Å². The van der Waals surface area contributed by atoms with E-state index in [-0.39, 0.29) is 12.2 Å². The number of aliphatic hydroxyl groups excluding tert-OH is 1. The Hall–Kier alpha value is -1.59. The van der Waals surface area contributed by atoms with Crippen molar-refractivity contribution >= 4 is 5.97 Å². The number of aromatic hydroxyl groups is 1. The monoisotopic (exact) mass is 310 g/mol. The molecule has 22 heavy (non-hydrogen) atoms. The molecule has 0 saturated carbocycles. The van der Waals surface area contributed by atoms with E-state index in [9.17, 15) is 15.0 Å². The van der Waals surface area contributed by atoms with Crippen LogP contribution in [0.3, 0.4) is 0 Å². The summed E-state index contributed by atoms with van der Waals surface area (Å²) in [4.78, 5) is 9.92. The van der Waals surface area contributed by atoms with Crippen molar-refractivity contribution in [1.29, 1.82) is 0 Å². The number of likely N-dealkylation sites (N-methyl/N-ethyl adjacent to an activating group) is 1. The zero-order chi connectivity index (χ0) is 16.8. The number of nitrogens with one attached hydrogen (secondary N) is 1. The van der Waals surface area contributed by atoms with Gasteiger partial charge in [-0.25, -0.2) is 0 Å². The number of aliphatic carboxylic acids is 1. The SMILES string of the molecule is CCCCCCCC(=O)[O-].CNCC(O)c1ccc(O)cc1. The number of hydrogen-bond donors (Lipinski definition) is 3. The Labute approximate surface area is 133 Å². The lowest BCUT2D eigenvalue weighted by molar-refractivity contribution is -0.305. The van der Waals surface area contributed by atoms with Crippen molar-refractivity contribution in [2.45, 2.75) is 51.6 Å². The lowest BCUT2D eigenvalue weighted by Crippen LogP contribution is -2.21. The van der Waals surface area contributed by atoms with Crippen molar-refractivity contribution in [1.82, 2.24) is 5.32 Å². The molecule has 1 aromatic carbocycles. The fourth-order valence-corrected chi connectivity index (χ4v) is 1.88. The van der Waals surface area contributed by atoms with Crippen LogP contribution in [0.5, 0.6) is 5.75 Å². The fraction of sp³-hybridized carbons (Fsp3) is 0.588. The van der Waals surface area contributed by atoms with E-state index < -0.39 is 12.1 Å². The summed E-state index contributed by atoms with van der Waals surface area (Å²) in [6.45, 7) is 2.66. The first-order chi connectivity index (χ1) is 10.5. The van der Waals surface area contributed by atoms with E-state index in [1.165, 1.54) is 12.8 Å². The Morgan fingerprint density at radius 2 is 1.77 bits per heavy atom. The molecule has 5 heteroatoms. The summed E-state index contributed by atoms with van der Waals surface area (Å²) >= 11 is 0. The summed E-state index contributed by atoms with van der Waals surface area (Å²) in [6.07, 6.45) is 5.10. The minimum atomic E-state index is -0.920. The van der Waals surface area contributed by atoms with E-state index in [1.807, 2.05) is 0 Å². The van der Waals surface area contributed by atoms with Gasteiger partial charge in [0.2, 0.25) is 0 Å². The van der Waals surface area contributed by atoms with E-state index >= 15 is 0 Å². The van der Waals surface area contributed by atoms with E-state index in [0.29, 0.717) is 6.54 Å². The van der Waals surface area contributed by atoms with Crippen molar-refractivity contribution < 1.29 is 20.1 Å². The number of carboxylic acids is 1. The van der Waals surface area contributed by atoms with Gasteiger partial charge in [0.15, 0.2) is 0 Å². The molecule has 0 spiro atoms. The summed E-state index contributed by atoms with van der Waals surface area (Å²) in [5.74, 6) is -0.702. The topological polar surface area (TPSA) is 92.6 Å². The third kappa shape index (κ3) is 11.1. The fourth-order valence-electron chi connectivity index (χ4n) is 1.88. The Balaban J connectivity index is 0.000000409. The van der Waals surface area contributed by atoms with E-state index in [4.69, 9.17) is 5.11 Å². The highest BCUT2D eigenvalue weighted by Crippen LogP contribution is 2.15. The summed E-state index contributed by atoms with van der Waals surface area (Å²) in [7, 11) is 1.78. The first kappa shape index (κ1) is 20.4. The van der Waals surface area contributed by atoms with Gasteiger partial charge in [-0.15, -0.1) is 0 Å². The van der Waals surface area contributed by atoms with Crippen molar-refractivity contribution in [3.05, 3.63) is 29.8 Å². The highest BCUT2D eigenvalue weighted by molar-refractivity contribution is 5.64. The van der Waals surface area contributed by atoms with Crippen molar-refractivity contribution in [3.63, 3.8) is 0 Å². The average molecular weight is 310 g/mol. The molecule has 126 valence electrons. The molecule has 0 heterocycles. The van der Waals surface area contributed by atoms with Crippen LogP contribution in [0, 0.1) is 0 Å². The van der Waals surface area contributed by atoms with E-state index in [1.54, 1.807) is 31.3 Å². The van der Waals surface area contributed by atoms with Crippen molar-refractivity contribution in [2.24, 2.45) is 0 Å². The number of aliphatic hydroxyl groups is 1. The molecule has 1 aromatic rings. The summed E-state index contributed by atoms with van der Waals surface area (Å²) in [6, 6.07) is 6.54. The van der Waals surface area contributed by atoms with Gasteiger partial charge < -0.3 is 25.4 Å². The van der Waals surface area contributed by atoms with Gasteiger partial charge in [0.1, 0.15) is 5.75 Å². The molecule has 0 radical (unpaired) electrons. The van der Waals surface area contributed by atoms with Crippen LogP contribution in [0.15, 0.2) is 24.3 Å². The Morgan fingerprint density at radius 1 is 1.18 bits per heavy atom. The number of carbonyl (C=O) groups excluding carboxylic acids is 1. The minimum Gasteiger partial charge on any atom is -0.550 e. The standard InChI is InChI=1S/C9H13NO2.C8H16O2/c1-10-6-9(12)7-2-4-8(11)5-3-7;1-2-3-4-5-6-7-8(9)10/h2-5,9-12H,6H2,1H3;2-7H2,1H3,(H,9,10)/p-1. The van der Waals surface area contributed by atoms with Crippen LogP contribution in [0.1, 0.15) is 57.1 Å². The number of phenols is 1. The molecule has 1 unspecified atom stereocenters. The molecular weight excluding hydrogens is 282 g/mol. The highest BCUT2D eigenvalue weighted by Gasteiger charge is 2.04. The molecule has 0 bridgehead atoms. The van der Waals surface area contributed by atoms with Gasteiger partial charge in [0.25, 0.3) is 0 Å². The van der Waals surface area contributed by atoms with Crippen LogP contribution in [-0.2, 0) is 4.79 Å². The Bertz CT molecular complexity index is 392. The number of rotatable bonds is 9. The zero-order valence-electron chi connectivity index (χ0n) is 13.5. The predicted octanol–water partition coefficient (Wildman–Crippen LogP) is 1.74. The minimum absolute atomic E-state index is 0.218. The van der Waals surface area contributed by atoms with Gasteiger partial charge in [-0.05, 0) is 37.6 Å². The molecule has 5 nitrogen and oxygen atoms in total. The van der Waals surface area contributed by atoms with Crippen molar-refractivity contribution in [2.75, 3.05) is 13.6 Å². The number of phenolic OH excluding ortho intramolecular Hbond substituents is 1. The maximum atomic E-state index is 9.92. The third-order valence-corrected chi connectivity index (χ3v) is 3.16. The first-order valence-electron chi connectivity index (χ1n) is 7.82. The second-order valence-electron chi connectivity index (χ2n) is 5.20. The van der Waals surface area contributed by atoms with Crippen LogP contribution >= 0.6 is 0 Å². The zero-order valence-corrected chi connectivity index (χ0v) is 13.5. The van der Waals surface area contributed by atoms with Gasteiger partial charge in [0.05, 0.1) is 6.10 Å². The van der Waals surface area contributed by atoms with Crippen LogP contribution < -0.4 is 10.4 Å². The van der Waals surface area contributed by atoms with Crippen molar-refractivity contribution in [3.8, 4) is 5.75 Å². The summed E-state index contributed by atoms with van der Waals surface area (Å²) in [5.41, 5.74) is 0.808. The predicted molar refractivity (Wildman–Crippen MR) is 85.4 cm³/mol. The average Bonchev–Trinajstić information content (AvgIpc) is 2.48. The van der Waals surface area contributed by atoms with Gasteiger partial charge in [0, 0.05) is 12.5 Å². The maximum Gasteiger partial charge on any atom is 0.115 e. The quantitative estimate of drug-likeness (QED) is 0.604. The van der Waals surface area contributed by atoms with Gasteiger partial charge in [-0.2, -0.15) is 0 Å². The van der Waals surface area contributed by atoms with Crippen LogP contribution in [-0.4, -0.2) is 29.8 Å². The largest absolute Gasteiger partial charge is 0.550 e. The maximum absolute atomic E-state index is 9.92. The molecule has 0 saturated heterocycles. The Morgan fingerprint density at radius 3 is 2.27 bits per heavy atom. The second-order valence-corrected chi connectivity index (χ2v) is 5.20. The molecule has 0 aromatic heterocycles. The van der Waals surface area contributed by atoms with Crippen LogP contribution in [0.2, 0.25) is 0 Å². The number of carboxylic acid groups (broad SMARTS) is 1. The van der Waals surface area contributed by atoms with Gasteiger partial charge in [-0.1, -0.05) is 44.7 Å².